The molecule has 0 aliphatic carbocycles. The van der Waals surface area contributed by atoms with Crippen LogP contribution in [0.2, 0.25) is 0 Å². The first-order valence-corrected chi connectivity index (χ1v) is 9.78. The zero-order valence-corrected chi connectivity index (χ0v) is 17.6. The molecule has 5 nitrogen and oxygen atoms in total. The highest BCUT2D eigenvalue weighted by atomic mass is 16.6. The van der Waals surface area contributed by atoms with Gasteiger partial charge in [-0.25, -0.2) is 4.79 Å². The van der Waals surface area contributed by atoms with Crippen LogP contribution < -0.4 is 14.2 Å². The lowest BCUT2D eigenvalue weighted by molar-refractivity contribution is -0.148. The molecule has 0 spiro atoms. The zero-order chi connectivity index (χ0) is 20.3. The number of carbonyl (C=O) groups is 1. The predicted octanol–water partition coefficient (Wildman–Crippen LogP) is 5.41. The molecule has 0 unspecified atom stereocenters. The van der Waals surface area contributed by atoms with Crippen molar-refractivity contribution in [1.29, 1.82) is 0 Å². The number of ether oxygens (including phenoxy) is 4. The third-order valence-electron chi connectivity index (χ3n) is 3.24. The molecule has 0 saturated carbocycles. The molecule has 0 saturated heterocycles. The van der Waals surface area contributed by atoms with Crippen LogP contribution in [0.3, 0.4) is 0 Å². The molecule has 1 aromatic carbocycles. The fourth-order valence-corrected chi connectivity index (χ4v) is 2.18. The lowest BCUT2D eigenvalue weighted by Crippen LogP contribution is -2.22. The summed E-state index contributed by atoms with van der Waals surface area (Å²) in [6, 6.07) is 3.72. The summed E-state index contributed by atoms with van der Waals surface area (Å²) in [6.45, 7) is 13.4. The molecule has 0 atom stereocenters. The molecule has 5 heteroatoms. The van der Waals surface area contributed by atoms with Gasteiger partial charge in [0.2, 0.25) is 5.75 Å². The van der Waals surface area contributed by atoms with Crippen LogP contribution in [0, 0.1) is 0 Å². The summed E-state index contributed by atoms with van der Waals surface area (Å²) in [4.78, 5) is 12.0. The summed E-state index contributed by atoms with van der Waals surface area (Å²) in [6.07, 6.45) is 5.78. The molecular formula is C22H34O5. The number of rotatable bonds is 11. The molecule has 0 aliphatic heterocycles. The lowest BCUT2D eigenvalue weighted by Gasteiger charge is -2.18. The van der Waals surface area contributed by atoms with Crippen LogP contribution in [0.5, 0.6) is 17.2 Å². The van der Waals surface area contributed by atoms with Crippen LogP contribution in [0.4, 0.5) is 0 Å². The van der Waals surface area contributed by atoms with E-state index in [4.69, 9.17) is 18.9 Å². The predicted molar refractivity (Wildman–Crippen MR) is 109 cm³/mol. The molecule has 1 rings (SSSR count). The molecule has 0 fully saturated rings. The SMILES string of the molecule is CCCOc1cc(C=CC(=O)OC(C)(C)C)cc(OCCC)c1OCCC. The van der Waals surface area contributed by atoms with Crippen molar-refractivity contribution in [3.8, 4) is 17.2 Å². The molecule has 0 aromatic heterocycles. The topological polar surface area (TPSA) is 54.0 Å². The highest BCUT2D eigenvalue weighted by molar-refractivity contribution is 5.87. The van der Waals surface area contributed by atoms with Crippen molar-refractivity contribution in [2.75, 3.05) is 19.8 Å². The second kappa shape index (κ2) is 11.5. The second-order valence-corrected chi connectivity index (χ2v) is 7.26. The zero-order valence-electron chi connectivity index (χ0n) is 17.6. The average molecular weight is 379 g/mol. The van der Waals surface area contributed by atoms with E-state index in [2.05, 4.69) is 6.92 Å². The van der Waals surface area contributed by atoms with Crippen molar-refractivity contribution in [2.24, 2.45) is 0 Å². The van der Waals surface area contributed by atoms with Gasteiger partial charge in [0.1, 0.15) is 5.60 Å². The normalized spacial score (nSPS) is 11.5. The summed E-state index contributed by atoms with van der Waals surface area (Å²) in [7, 11) is 0. The highest BCUT2D eigenvalue weighted by Crippen LogP contribution is 2.39. The molecule has 0 amide bonds. The van der Waals surface area contributed by atoms with Crippen molar-refractivity contribution < 1.29 is 23.7 Å². The van der Waals surface area contributed by atoms with Gasteiger partial charge in [0.25, 0.3) is 0 Å². The van der Waals surface area contributed by atoms with Gasteiger partial charge in [-0.1, -0.05) is 20.8 Å². The Labute approximate surface area is 163 Å². The maximum absolute atomic E-state index is 12.0. The van der Waals surface area contributed by atoms with E-state index >= 15 is 0 Å². The Kier molecular flexibility index (Phi) is 9.76. The molecule has 0 bridgehead atoms. The van der Waals surface area contributed by atoms with Crippen LogP contribution >= 0.6 is 0 Å². The largest absolute Gasteiger partial charge is 0.490 e. The smallest absolute Gasteiger partial charge is 0.331 e. The average Bonchev–Trinajstić information content (AvgIpc) is 2.60. The van der Waals surface area contributed by atoms with E-state index in [0.29, 0.717) is 37.1 Å². The minimum Gasteiger partial charge on any atom is -0.490 e. The third kappa shape index (κ3) is 8.85. The minimum atomic E-state index is -0.524. The first-order valence-electron chi connectivity index (χ1n) is 9.78. The van der Waals surface area contributed by atoms with Crippen molar-refractivity contribution in [2.45, 2.75) is 66.4 Å². The number of benzene rings is 1. The van der Waals surface area contributed by atoms with Crippen LogP contribution in [0.15, 0.2) is 18.2 Å². The first-order chi connectivity index (χ1) is 12.8. The first kappa shape index (κ1) is 22.9. The molecule has 0 heterocycles. The Bertz CT molecular complexity index is 585. The Morgan fingerprint density at radius 2 is 1.37 bits per heavy atom. The summed E-state index contributed by atoms with van der Waals surface area (Å²) in [5, 5.41) is 0. The van der Waals surface area contributed by atoms with Gasteiger partial charge in [-0.15, -0.1) is 0 Å². The van der Waals surface area contributed by atoms with Crippen LogP contribution in [0.25, 0.3) is 6.08 Å². The molecular weight excluding hydrogens is 344 g/mol. The molecule has 1 aromatic rings. The quantitative estimate of drug-likeness (QED) is 0.381. The molecule has 0 aliphatic rings. The number of esters is 1. The van der Waals surface area contributed by atoms with Crippen LogP contribution in [-0.4, -0.2) is 31.4 Å². The third-order valence-corrected chi connectivity index (χ3v) is 3.24. The molecule has 152 valence electrons. The van der Waals surface area contributed by atoms with Crippen molar-refractivity contribution in [3.05, 3.63) is 23.8 Å². The van der Waals surface area contributed by atoms with Gasteiger partial charge in [-0.2, -0.15) is 0 Å². The molecule has 0 radical (unpaired) electrons. The Hall–Kier alpha value is -2.17. The van der Waals surface area contributed by atoms with E-state index in [1.807, 2.05) is 46.8 Å². The minimum absolute atomic E-state index is 0.388. The van der Waals surface area contributed by atoms with E-state index in [0.717, 1.165) is 24.8 Å². The van der Waals surface area contributed by atoms with E-state index in [1.165, 1.54) is 6.08 Å². The summed E-state index contributed by atoms with van der Waals surface area (Å²) in [5.74, 6) is 1.49. The maximum atomic E-state index is 12.0. The highest BCUT2D eigenvalue weighted by Gasteiger charge is 2.16. The molecule has 0 N–H and O–H groups in total. The van der Waals surface area contributed by atoms with Crippen LogP contribution in [-0.2, 0) is 9.53 Å². The van der Waals surface area contributed by atoms with E-state index in [1.54, 1.807) is 6.08 Å². The van der Waals surface area contributed by atoms with Gasteiger partial charge in [0.05, 0.1) is 19.8 Å². The van der Waals surface area contributed by atoms with Crippen LogP contribution in [0.1, 0.15) is 66.4 Å². The van der Waals surface area contributed by atoms with Gasteiger partial charge in [0, 0.05) is 6.08 Å². The lowest BCUT2D eigenvalue weighted by atomic mass is 10.1. The van der Waals surface area contributed by atoms with E-state index in [-0.39, 0.29) is 5.97 Å². The summed E-state index contributed by atoms with van der Waals surface area (Å²) < 4.78 is 23.0. The number of hydrogen-bond donors (Lipinski definition) is 0. The fourth-order valence-electron chi connectivity index (χ4n) is 2.18. The fraction of sp³-hybridized carbons (Fsp3) is 0.591. The van der Waals surface area contributed by atoms with Gasteiger partial charge < -0.3 is 18.9 Å². The van der Waals surface area contributed by atoms with E-state index < -0.39 is 5.60 Å². The number of carbonyl (C=O) groups excluding carboxylic acids is 1. The monoisotopic (exact) mass is 378 g/mol. The Morgan fingerprint density at radius 3 is 1.81 bits per heavy atom. The summed E-state index contributed by atoms with van der Waals surface area (Å²) in [5.41, 5.74) is 0.270. The van der Waals surface area contributed by atoms with Gasteiger partial charge in [-0.3, -0.25) is 0 Å². The van der Waals surface area contributed by atoms with Gasteiger partial charge in [0.15, 0.2) is 11.5 Å². The number of hydrogen-bond acceptors (Lipinski definition) is 5. The van der Waals surface area contributed by atoms with E-state index in [9.17, 15) is 4.79 Å². The van der Waals surface area contributed by atoms with Crippen molar-refractivity contribution >= 4 is 12.0 Å². The standard InChI is InChI=1S/C22H34O5/c1-7-12-24-18-15-17(10-11-20(23)27-22(4,5)6)16-19(25-13-8-2)21(18)26-14-9-3/h10-11,15-16H,7-9,12-14H2,1-6H3. The van der Waals surface area contributed by atoms with Gasteiger partial charge in [-0.05, 0) is 63.8 Å². The second-order valence-electron chi connectivity index (χ2n) is 7.26. The Balaban J connectivity index is 3.17. The van der Waals surface area contributed by atoms with Crippen molar-refractivity contribution in [1.82, 2.24) is 0 Å². The summed E-state index contributed by atoms with van der Waals surface area (Å²) >= 11 is 0. The maximum Gasteiger partial charge on any atom is 0.331 e. The van der Waals surface area contributed by atoms with Crippen molar-refractivity contribution in [3.63, 3.8) is 0 Å². The molecule has 27 heavy (non-hydrogen) atoms. The Morgan fingerprint density at radius 1 is 0.889 bits per heavy atom. The van der Waals surface area contributed by atoms with Gasteiger partial charge >= 0.3 is 5.97 Å².